The Morgan fingerprint density at radius 1 is 1.00 bits per heavy atom. The zero-order valence-corrected chi connectivity index (χ0v) is 24.3. The summed E-state index contributed by atoms with van der Waals surface area (Å²) in [5.41, 5.74) is 2.47. The van der Waals surface area contributed by atoms with E-state index >= 15 is 0 Å². The van der Waals surface area contributed by atoms with E-state index in [-0.39, 0.29) is 11.2 Å². The van der Waals surface area contributed by atoms with Crippen LogP contribution < -0.4 is 0 Å². The van der Waals surface area contributed by atoms with Crippen LogP contribution in [0.4, 0.5) is 0 Å². The van der Waals surface area contributed by atoms with Crippen LogP contribution in [-0.2, 0) is 4.79 Å². The number of carbonyl (C=O) groups is 1. The third-order valence-corrected chi connectivity index (χ3v) is 10.8. The molecule has 7 atom stereocenters. The fourth-order valence-corrected chi connectivity index (χ4v) is 8.28. The van der Waals surface area contributed by atoms with Gasteiger partial charge in [0.15, 0.2) is 0 Å². The van der Waals surface area contributed by atoms with Crippen molar-refractivity contribution in [2.24, 2.45) is 28.6 Å². The van der Waals surface area contributed by atoms with Gasteiger partial charge in [-0.05, 0) is 93.8 Å². The molecule has 4 saturated carbocycles. The minimum Gasteiger partial charge on any atom is -0.393 e. The Hall–Kier alpha value is -1.23. The molecule has 3 N–H and O–H groups in total. The SMILES string of the molecule is CCCCCCCC(=O)C1([C@H](O)C=C[C@@H](C)[C@H]2CC[C@H]3C(=CC=C4C[C@@H](O)C[C@H](O)C4)CCC[C@]23C)CC1. The molecule has 0 aromatic rings. The van der Waals surface area contributed by atoms with Gasteiger partial charge in [-0.25, -0.2) is 0 Å². The summed E-state index contributed by atoms with van der Waals surface area (Å²) in [5.74, 6) is 1.82. The molecule has 38 heavy (non-hydrogen) atoms. The van der Waals surface area contributed by atoms with E-state index in [1.807, 2.05) is 6.08 Å². The number of fused-ring (bicyclic) bond motifs is 1. The molecule has 0 unspecified atom stereocenters. The lowest BCUT2D eigenvalue weighted by atomic mass is 9.61. The van der Waals surface area contributed by atoms with Crippen molar-refractivity contribution in [3.63, 3.8) is 0 Å². The molecule has 0 bridgehead atoms. The van der Waals surface area contributed by atoms with Crippen molar-refractivity contribution >= 4 is 5.78 Å². The van der Waals surface area contributed by atoms with Crippen LogP contribution in [0.25, 0.3) is 0 Å². The molecule has 0 amide bonds. The van der Waals surface area contributed by atoms with Crippen molar-refractivity contribution in [2.45, 2.75) is 142 Å². The fourth-order valence-electron chi connectivity index (χ4n) is 8.28. The van der Waals surface area contributed by atoms with Crippen molar-refractivity contribution in [3.05, 3.63) is 35.5 Å². The number of allylic oxidation sites excluding steroid dienone is 4. The first-order valence-electron chi connectivity index (χ1n) is 15.8. The average molecular weight is 527 g/mol. The number of unbranched alkanes of at least 4 members (excludes halogenated alkanes) is 4. The van der Waals surface area contributed by atoms with Gasteiger partial charge >= 0.3 is 0 Å². The Balaban J connectivity index is 1.35. The predicted octanol–water partition coefficient (Wildman–Crippen LogP) is 7.22. The first-order valence-corrected chi connectivity index (χ1v) is 15.8. The molecule has 4 rings (SSSR count). The summed E-state index contributed by atoms with van der Waals surface area (Å²) in [4.78, 5) is 13.0. The van der Waals surface area contributed by atoms with Gasteiger partial charge in [-0.3, -0.25) is 4.79 Å². The minimum atomic E-state index is -0.646. The Labute approximate surface area is 231 Å². The van der Waals surface area contributed by atoms with Gasteiger partial charge in [0.05, 0.1) is 23.7 Å². The number of rotatable bonds is 12. The average Bonchev–Trinajstić information content (AvgIpc) is 3.61. The lowest BCUT2D eigenvalue weighted by Gasteiger charge is -2.44. The van der Waals surface area contributed by atoms with Crippen LogP contribution in [0.2, 0.25) is 0 Å². The molecule has 0 aromatic carbocycles. The number of carbonyl (C=O) groups excluding carboxylic acids is 1. The molecular weight excluding hydrogens is 472 g/mol. The summed E-state index contributed by atoms with van der Waals surface area (Å²) >= 11 is 0. The summed E-state index contributed by atoms with van der Waals surface area (Å²) in [7, 11) is 0. The second-order valence-corrected chi connectivity index (χ2v) is 13.5. The summed E-state index contributed by atoms with van der Waals surface area (Å²) < 4.78 is 0. The highest BCUT2D eigenvalue weighted by Crippen LogP contribution is 2.59. The van der Waals surface area contributed by atoms with Crippen LogP contribution in [-0.4, -0.2) is 39.4 Å². The number of hydrogen-bond acceptors (Lipinski definition) is 4. The molecule has 0 aromatic heterocycles. The highest BCUT2D eigenvalue weighted by molar-refractivity contribution is 5.88. The minimum absolute atomic E-state index is 0.258. The smallest absolute Gasteiger partial charge is 0.141 e. The maximum atomic E-state index is 13.0. The fraction of sp³-hybridized carbons (Fsp3) is 0.794. The van der Waals surface area contributed by atoms with E-state index in [2.05, 4.69) is 39.0 Å². The zero-order chi connectivity index (χ0) is 27.3. The van der Waals surface area contributed by atoms with E-state index in [0.29, 0.717) is 43.4 Å². The van der Waals surface area contributed by atoms with Crippen LogP contribution >= 0.6 is 0 Å². The molecule has 0 saturated heterocycles. The molecule has 0 aliphatic heterocycles. The Bertz CT molecular complexity index is 884. The lowest BCUT2D eigenvalue weighted by molar-refractivity contribution is -0.127. The Morgan fingerprint density at radius 2 is 1.71 bits per heavy atom. The summed E-state index contributed by atoms with van der Waals surface area (Å²) in [6.07, 6.45) is 23.1. The topological polar surface area (TPSA) is 77.8 Å². The van der Waals surface area contributed by atoms with Gasteiger partial charge in [0.1, 0.15) is 5.78 Å². The van der Waals surface area contributed by atoms with Crippen LogP contribution in [0.5, 0.6) is 0 Å². The first-order chi connectivity index (χ1) is 18.2. The van der Waals surface area contributed by atoms with Crippen molar-refractivity contribution in [1.29, 1.82) is 0 Å². The third kappa shape index (κ3) is 6.73. The highest BCUT2D eigenvalue weighted by Gasteiger charge is 2.54. The van der Waals surface area contributed by atoms with Crippen LogP contribution in [0.15, 0.2) is 35.5 Å². The summed E-state index contributed by atoms with van der Waals surface area (Å²) in [6, 6.07) is 0. The molecule has 4 heteroatoms. The number of Topliss-reactive ketones (excluding diaryl/α,β-unsaturated/α-hetero) is 1. The zero-order valence-electron chi connectivity index (χ0n) is 24.3. The van der Waals surface area contributed by atoms with Crippen LogP contribution in [0.3, 0.4) is 0 Å². The number of aliphatic hydroxyl groups excluding tert-OH is 3. The quantitative estimate of drug-likeness (QED) is 0.185. The molecule has 4 fully saturated rings. The van der Waals surface area contributed by atoms with E-state index in [1.165, 1.54) is 50.5 Å². The molecule has 0 heterocycles. The maximum Gasteiger partial charge on any atom is 0.141 e. The third-order valence-electron chi connectivity index (χ3n) is 10.8. The lowest BCUT2D eigenvalue weighted by Crippen LogP contribution is -2.35. The van der Waals surface area contributed by atoms with Crippen LogP contribution in [0, 0.1) is 28.6 Å². The van der Waals surface area contributed by atoms with Gasteiger partial charge in [0.2, 0.25) is 0 Å². The van der Waals surface area contributed by atoms with Gasteiger partial charge in [0, 0.05) is 6.42 Å². The number of aliphatic hydroxyl groups is 3. The summed E-state index contributed by atoms with van der Waals surface area (Å²) in [5, 5.41) is 31.2. The molecule has 214 valence electrons. The standard InChI is InChI=1S/C34H54O4/c1-4-5-6-7-8-11-31(37)34(19-20-34)32(38)17-12-24(2)29-15-16-30-26(10-9-18-33(29,30)3)14-13-25-21-27(35)23-28(36)22-25/h12-14,17,24,27-30,32,35-36,38H,4-11,15-16,18-23H2,1-3H3/t24-,27-,28-,29-,30+,32-,33-/m1/s1. The van der Waals surface area contributed by atoms with Crippen LogP contribution in [0.1, 0.15) is 124 Å². The molecular formula is C34H54O4. The summed E-state index contributed by atoms with van der Waals surface area (Å²) in [6.45, 7) is 7.00. The maximum absolute atomic E-state index is 13.0. The van der Waals surface area contributed by atoms with Gasteiger partial charge in [-0.2, -0.15) is 0 Å². The molecule has 4 aliphatic rings. The van der Waals surface area contributed by atoms with Crippen molar-refractivity contribution in [3.8, 4) is 0 Å². The molecule has 4 nitrogen and oxygen atoms in total. The Kier molecular flexibility index (Phi) is 10.1. The second kappa shape index (κ2) is 13.0. The Morgan fingerprint density at radius 3 is 2.39 bits per heavy atom. The van der Waals surface area contributed by atoms with Gasteiger partial charge < -0.3 is 15.3 Å². The van der Waals surface area contributed by atoms with Gasteiger partial charge in [0.25, 0.3) is 0 Å². The molecule has 4 aliphatic carbocycles. The van der Waals surface area contributed by atoms with Gasteiger partial charge in [-0.15, -0.1) is 0 Å². The number of ketones is 1. The van der Waals surface area contributed by atoms with Crippen molar-refractivity contribution in [1.82, 2.24) is 0 Å². The predicted molar refractivity (Wildman–Crippen MR) is 155 cm³/mol. The molecule has 0 radical (unpaired) electrons. The monoisotopic (exact) mass is 526 g/mol. The van der Waals surface area contributed by atoms with E-state index in [1.54, 1.807) is 5.57 Å². The largest absolute Gasteiger partial charge is 0.393 e. The van der Waals surface area contributed by atoms with Crippen molar-refractivity contribution in [2.75, 3.05) is 0 Å². The van der Waals surface area contributed by atoms with E-state index in [4.69, 9.17) is 0 Å². The van der Waals surface area contributed by atoms with Crippen molar-refractivity contribution < 1.29 is 20.1 Å². The second-order valence-electron chi connectivity index (χ2n) is 13.5. The van der Waals surface area contributed by atoms with E-state index in [0.717, 1.165) is 32.1 Å². The highest BCUT2D eigenvalue weighted by atomic mass is 16.3. The van der Waals surface area contributed by atoms with Gasteiger partial charge in [-0.1, -0.05) is 81.9 Å². The van der Waals surface area contributed by atoms with E-state index in [9.17, 15) is 20.1 Å². The normalized spacial score (nSPS) is 35.3. The molecule has 0 spiro atoms. The first kappa shape index (κ1) is 29.7. The van der Waals surface area contributed by atoms with E-state index < -0.39 is 23.7 Å². The number of hydrogen-bond donors (Lipinski definition) is 3.